The lowest BCUT2D eigenvalue weighted by atomic mass is 10.1. The van der Waals surface area contributed by atoms with Gasteiger partial charge in [0.05, 0.1) is 18.9 Å². The van der Waals surface area contributed by atoms with E-state index < -0.39 is 0 Å². The Morgan fingerprint density at radius 3 is 2.12 bits per heavy atom. The summed E-state index contributed by atoms with van der Waals surface area (Å²) in [4.78, 5) is 14.4. The molecule has 0 bridgehead atoms. The zero-order valence-corrected chi connectivity index (χ0v) is 18.1. The topological polar surface area (TPSA) is 78.3 Å². The van der Waals surface area contributed by atoms with Crippen molar-refractivity contribution in [3.8, 4) is 17.2 Å². The van der Waals surface area contributed by atoms with Crippen LogP contribution in [0.3, 0.4) is 0 Å². The number of carbonyl (C=O) groups is 1. The monoisotopic (exact) mass is 434 g/mol. The molecule has 1 aromatic heterocycles. The Hall–Kier alpha value is -3.94. The van der Waals surface area contributed by atoms with Gasteiger partial charge in [-0.05, 0) is 74.9 Å². The van der Waals surface area contributed by atoms with Gasteiger partial charge in [-0.1, -0.05) is 0 Å². The van der Waals surface area contributed by atoms with E-state index in [9.17, 15) is 9.18 Å². The van der Waals surface area contributed by atoms with Crippen LogP contribution in [-0.2, 0) is 0 Å². The van der Waals surface area contributed by atoms with Crippen LogP contribution < -0.4 is 14.8 Å². The first kappa shape index (κ1) is 21.3. The van der Waals surface area contributed by atoms with E-state index >= 15 is 0 Å². The number of rotatable bonds is 7. The summed E-state index contributed by atoms with van der Waals surface area (Å²) in [5.41, 5.74) is 3.79. The number of nitrogens with one attached hydrogen (secondary N) is 1. The Bertz CT molecular complexity index is 1240. The molecule has 0 aliphatic heterocycles. The zero-order valence-electron chi connectivity index (χ0n) is 18.1. The average molecular weight is 434 g/mol. The molecule has 7 nitrogen and oxygen atoms in total. The van der Waals surface area contributed by atoms with Crippen LogP contribution in [0.1, 0.15) is 29.8 Å². The van der Waals surface area contributed by atoms with Crippen LogP contribution >= 0.6 is 0 Å². The minimum Gasteiger partial charge on any atom is -0.494 e. The first-order valence-corrected chi connectivity index (χ1v) is 10.3. The summed E-state index contributed by atoms with van der Waals surface area (Å²) in [6.45, 7) is 6.61. The van der Waals surface area contributed by atoms with Gasteiger partial charge in [0.1, 0.15) is 28.3 Å². The molecule has 1 heterocycles. The van der Waals surface area contributed by atoms with Gasteiger partial charge in [-0.25, -0.2) is 4.39 Å². The van der Waals surface area contributed by atoms with Gasteiger partial charge in [-0.3, -0.25) is 4.79 Å². The third-order valence-corrected chi connectivity index (χ3v) is 4.80. The molecule has 8 heteroatoms. The predicted octanol–water partition coefficient (Wildman–Crippen LogP) is 4.92. The third kappa shape index (κ3) is 4.54. The fourth-order valence-corrected chi connectivity index (χ4v) is 3.29. The molecule has 4 rings (SSSR count). The summed E-state index contributed by atoms with van der Waals surface area (Å²) < 4.78 is 24.3. The molecule has 0 atom stereocenters. The average Bonchev–Trinajstić information content (AvgIpc) is 3.17. The Kier molecular flexibility index (Phi) is 6.02. The molecular weight excluding hydrogens is 411 g/mol. The lowest BCUT2D eigenvalue weighted by Crippen LogP contribution is -2.13. The largest absolute Gasteiger partial charge is 0.494 e. The van der Waals surface area contributed by atoms with Gasteiger partial charge in [0.25, 0.3) is 5.91 Å². The normalized spacial score (nSPS) is 10.9. The molecule has 164 valence electrons. The quantitative estimate of drug-likeness (QED) is 0.447. The van der Waals surface area contributed by atoms with Crippen LogP contribution in [0, 0.1) is 12.7 Å². The van der Waals surface area contributed by atoms with E-state index in [1.165, 1.54) is 16.9 Å². The van der Waals surface area contributed by atoms with Gasteiger partial charge < -0.3 is 14.8 Å². The Balaban J connectivity index is 1.63. The minimum atomic E-state index is -0.327. The van der Waals surface area contributed by atoms with E-state index in [1.807, 2.05) is 26.8 Å². The standard InChI is InChI=1S/C24H23FN4O3/c1-4-31-19-11-16(12-20(13-19)32-5-2)24(30)26-21-14-23-22(10-15(21)3)27-29(28-23)18-8-6-17(25)7-9-18/h6-14H,4-5H2,1-3H3,(H,26,30). The Morgan fingerprint density at radius 2 is 1.53 bits per heavy atom. The van der Waals surface area contributed by atoms with E-state index in [-0.39, 0.29) is 11.7 Å². The molecule has 0 spiro atoms. The molecule has 0 unspecified atom stereocenters. The molecule has 1 N–H and O–H groups in total. The molecule has 0 saturated carbocycles. The number of fused-ring (bicyclic) bond motifs is 1. The number of carbonyl (C=O) groups excluding carboxylic acids is 1. The second-order valence-corrected chi connectivity index (χ2v) is 7.13. The van der Waals surface area contributed by atoms with Crippen LogP contribution in [-0.4, -0.2) is 34.1 Å². The third-order valence-electron chi connectivity index (χ3n) is 4.80. The van der Waals surface area contributed by atoms with Gasteiger partial charge in [0.2, 0.25) is 0 Å². The lowest BCUT2D eigenvalue weighted by Gasteiger charge is -2.12. The van der Waals surface area contributed by atoms with Gasteiger partial charge in [0.15, 0.2) is 0 Å². The number of ether oxygens (including phenoxy) is 2. The zero-order chi connectivity index (χ0) is 22.7. The van der Waals surface area contributed by atoms with Crippen LogP contribution in [0.4, 0.5) is 10.1 Å². The van der Waals surface area contributed by atoms with Crippen molar-refractivity contribution in [3.05, 3.63) is 71.5 Å². The molecule has 0 fully saturated rings. The van der Waals surface area contributed by atoms with E-state index in [0.29, 0.717) is 52.7 Å². The van der Waals surface area contributed by atoms with Crippen molar-refractivity contribution < 1.29 is 18.7 Å². The molecule has 0 aliphatic carbocycles. The molecular formula is C24H23FN4O3. The number of amides is 1. The highest BCUT2D eigenvalue weighted by molar-refractivity contribution is 6.06. The van der Waals surface area contributed by atoms with Crippen molar-refractivity contribution in [2.75, 3.05) is 18.5 Å². The number of aromatic nitrogens is 3. The summed E-state index contributed by atoms with van der Waals surface area (Å²) in [6.07, 6.45) is 0. The van der Waals surface area contributed by atoms with Crippen molar-refractivity contribution in [1.82, 2.24) is 15.0 Å². The second-order valence-electron chi connectivity index (χ2n) is 7.13. The van der Waals surface area contributed by atoms with E-state index in [2.05, 4.69) is 15.5 Å². The summed E-state index contributed by atoms with van der Waals surface area (Å²) in [5.74, 6) is 0.518. The lowest BCUT2D eigenvalue weighted by molar-refractivity contribution is 0.102. The number of hydrogen-bond acceptors (Lipinski definition) is 5. The number of benzene rings is 3. The fraction of sp³-hybridized carbons (Fsp3) is 0.208. The van der Waals surface area contributed by atoms with Crippen LogP contribution in [0.5, 0.6) is 11.5 Å². The number of nitrogens with zero attached hydrogens (tertiary/aromatic N) is 3. The van der Waals surface area contributed by atoms with Gasteiger partial charge in [0, 0.05) is 17.3 Å². The molecule has 1 amide bonds. The van der Waals surface area contributed by atoms with Gasteiger partial charge in [-0.2, -0.15) is 4.80 Å². The van der Waals surface area contributed by atoms with Crippen molar-refractivity contribution in [1.29, 1.82) is 0 Å². The first-order valence-electron chi connectivity index (χ1n) is 10.3. The Morgan fingerprint density at radius 1 is 0.938 bits per heavy atom. The minimum absolute atomic E-state index is 0.291. The maximum Gasteiger partial charge on any atom is 0.255 e. The van der Waals surface area contributed by atoms with E-state index in [1.54, 1.807) is 36.4 Å². The second kappa shape index (κ2) is 9.05. The molecule has 0 radical (unpaired) electrons. The number of aryl methyl sites for hydroxylation is 1. The highest BCUT2D eigenvalue weighted by Crippen LogP contribution is 2.26. The van der Waals surface area contributed by atoms with Crippen molar-refractivity contribution in [2.24, 2.45) is 0 Å². The summed E-state index contributed by atoms with van der Waals surface area (Å²) in [6, 6.07) is 14.6. The van der Waals surface area contributed by atoms with Crippen LogP contribution in [0.25, 0.3) is 16.7 Å². The maximum atomic E-state index is 13.2. The van der Waals surface area contributed by atoms with Crippen molar-refractivity contribution >= 4 is 22.6 Å². The van der Waals surface area contributed by atoms with Crippen LogP contribution in [0.2, 0.25) is 0 Å². The van der Waals surface area contributed by atoms with Gasteiger partial charge in [-0.15, -0.1) is 10.2 Å². The molecule has 4 aromatic rings. The summed E-state index contributed by atoms with van der Waals surface area (Å²) >= 11 is 0. The van der Waals surface area contributed by atoms with Crippen molar-refractivity contribution in [3.63, 3.8) is 0 Å². The highest BCUT2D eigenvalue weighted by Gasteiger charge is 2.14. The number of halogens is 1. The summed E-state index contributed by atoms with van der Waals surface area (Å²) in [5, 5.41) is 11.9. The van der Waals surface area contributed by atoms with Crippen LogP contribution in [0.15, 0.2) is 54.6 Å². The summed E-state index contributed by atoms with van der Waals surface area (Å²) in [7, 11) is 0. The van der Waals surface area contributed by atoms with Crippen molar-refractivity contribution in [2.45, 2.75) is 20.8 Å². The Labute approximate surface area is 184 Å². The van der Waals surface area contributed by atoms with E-state index in [4.69, 9.17) is 9.47 Å². The highest BCUT2D eigenvalue weighted by atomic mass is 19.1. The SMILES string of the molecule is CCOc1cc(OCC)cc(C(=O)Nc2cc3nn(-c4ccc(F)cc4)nc3cc2C)c1. The maximum absolute atomic E-state index is 13.2. The number of anilines is 1. The molecule has 3 aromatic carbocycles. The first-order chi connectivity index (χ1) is 15.5. The number of hydrogen-bond donors (Lipinski definition) is 1. The molecule has 32 heavy (non-hydrogen) atoms. The fourth-order valence-electron chi connectivity index (χ4n) is 3.29. The molecule has 0 aliphatic rings. The smallest absolute Gasteiger partial charge is 0.255 e. The van der Waals surface area contributed by atoms with E-state index in [0.717, 1.165) is 5.56 Å². The molecule has 0 saturated heterocycles. The predicted molar refractivity (Wildman–Crippen MR) is 120 cm³/mol. The van der Waals surface area contributed by atoms with Gasteiger partial charge >= 0.3 is 0 Å².